The Bertz CT molecular complexity index is 394. The molecule has 2 fully saturated rings. The van der Waals surface area contributed by atoms with Gasteiger partial charge in [0.05, 0.1) is 6.10 Å². The first kappa shape index (κ1) is 20.1. The Balaban J connectivity index is 0.00000242. The molecule has 2 aliphatic rings. The molecular formula is C16H31ClN2O2S. The predicted octanol–water partition coefficient (Wildman–Crippen LogP) is 2.73. The minimum absolute atomic E-state index is 0. The number of rotatable bonds is 5. The lowest BCUT2D eigenvalue weighted by Crippen LogP contribution is -2.76. The van der Waals surface area contributed by atoms with E-state index in [4.69, 9.17) is 10.5 Å². The van der Waals surface area contributed by atoms with Gasteiger partial charge in [0, 0.05) is 29.7 Å². The Labute approximate surface area is 145 Å². The smallest absolute Gasteiger partial charge is 0.241 e. The van der Waals surface area contributed by atoms with Crippen LogP contribution in [0.3, 0.4) is 0 Å². The largest absolute Gasteiger partial charge is 0.378 e. The first-order valence-corrected chi connectivity index (χ1v) is 9.38. The molecule has 4 unspecified atom stereocenters. The van der Waals surface area contributed by atoms with Crippen LogP contribution in [0.2, 0.25) is 0 Å². The quantitative estimate of drug-likeness (QED) is 0.800. The number of thioether (sulfide) groups is 1. The molecule has 22 heavy (non-hydrogen) atoms. The van der Waals surface area contributed by atoms with Crippen LogP contribution >= 0.6 is 24.2 Å². The standard InChI is InChI=1S/C16H30N2O2S.ClH/c1-5-20-13-10-16(17,15(13,2)3)14(19)18-11-7-6-8-12(9-11)21-4;/h11-13H,5-10,17H2,1-4H3,(H,18,19);1H. The SMILES string of the molecule is CCOC1CC(N)(C(=O)NC2CCCC(SC)C2)C1(C)C.Cl. The van der Waals surface area contributed by atoms with Gasteiger partial charge in [-0.2, -0.15) is 11.8 Å². The molecule has 2 aliphatic carbocycles. The number of hydrogen-bond donors (Lipinski definition) is 2. The van der Waals surface area contributed by atoms with E-state index in [1.807, 2.05) is 32.5 Å². The highest BCUT2D eigenvalue weighted by molar-refractivity contribution is 7.99. The van der Waals surface area contributed by atoms with Crippen LogP contribution in [0, 0.1) is 5.41 Å². The molecule has 6 heteroatoms. The monoisotopic (exact) mass is 350 g/mol. The van der Waals surface area contributed by atoms with E-state index in [-0.39, 0.29) is 35.9 Å². The number of carbonyl (C=O) groups is 1. The number of ether oxygens (including phenoxy) is 1. The van der Waals surface area contributed by atoms with Crippen LogP contribution in [-0.2, 0) is 9.53 Å². The predicted molar refractivity (Wildman–Crippen MR) is 95.7 cm³/mol. The fourth-order valence-electron chi connectivity index (χ4n) is 3.62. The summed E-state index contributed by atoms with van der Waals surface area (Å²) in [5.41, 5.74) is 5.33. The van der Waals surface area contributed by atoms with Crippen LogP contribution in [0.4, 0.5) is 0 Å². The van der Waals surface area contributed by atoms with E-state index < -0.39 is 5.54 Å². The maximum Gasteiger partial charge on any atom is 0.241 e. The van der Waals surface area contributed by atoms with Crippen molar-refractivity contribution in [3.05, 3.63) is 0 Å². The van der Waals surface area contributed by atoms with Crippen molar-refractivity contribution < 1.29 is 9.53 Å². The Morgan fingerprint density at radius 2 is 2.09 bits per heavy atom. The lowest BCUT2D eigenvalue weighted by molar-refractivity contribution is -0.171. The minimum atomic E-state index is -0.793. The van der Waals surface area contributed by atoms with Crippen LogP contribution in [0.5, 0.6) is 0 Å². The fourth-order valence-corrected chi connectivity index (χ4v) is 4.45. The molecule has 130 valence electrons. The van der Waals surface area contributed by atoms with Crippen molar-refractivity contribution in [3.63, 3.8) is 0 Å². The van der Waals surface area contributed by atoms with Crippen molar-refractivity contribution in [1.82, 2.24) is 5.32 Å². The summed E-state index contributed by atoms with van der Waals surface area (Å²) < 4.78 is 5.70. The maximum absolute atomic E-state index is 12.7. The second-order valence-electron chi connectivity index (χ2n) is 7.04. The molecule has 0 heterocycles. The fraction of sp³-hybridized carbons (Fsp3) is 0.938. The van der Waals surface area contributed by atoms with E-state index >= 15 is 0 Å². The molecule has 0 aliphatic heterocycles. The number of halogens is 1. The number of carbonyl (C=O) groups excluding carboxylic acids is 1. The molecule has 4 atom stereocenters. The van der Waals surface area contributed by atoms with Gasteiger partial charge >= 0.3 is 0 Å². The molecule has 0 aromatic heterocycles. The van der Waals surface area contributed by atoms with E-state index in [1.165, 1.54) is 12.8 Å². The van der Waals surface area contributed by atoms with Gasteiger partial charge < -0.3 is 15.8 Å². The second-order valence-corrected chi connectivity index (χ2v) is 8.17. The zero-order valence-electron chi connectivity index (χ0n) is 14.2. The van der Waals surface area contributed by atoms with Crippen LogP contribution < -0.4 is 11.1 Å². The highest BCUT2D eigenvalue weighted by Crippen LogP contribution is 2.50. The van der Waals surface area contributed by atoms with Crippen LogP contribution in [0.15, 0.2) is 0 Å². The summed E-state index contributed by atoms with van der Waals surface area (Å²) in [6.07, 6.45) is 7.47. The van der Waals surface area contributed by atoms with E-state index in [0.29, 0.717) is 18.3 Å². The minimum Gasteiger partial charge on any atom is -0.378 e. The third-order valence-electron chi connectivity index (χ3n) is 5.53. The third kappa shape index (κ3) is 3.58. The summed E-state index contributed by atoms with van der Waals surface area (Å²) in [7, 11) is 0. The number of hydrogen-bond acceptors (Lipinski definition) is 4. The average Bonchev–Trinajstić information content (AvgIpc) is 2.46. The van der Waals surface area contributed by atoms with E-state index in [2.05, 4.69) is 11.6 Å². The molecule has 0 spiro atoms. The molecule has 3 N–H and O–H groups in total. The van der Waals surface area contributed by atoms with Crippen molar-refractivity contribution in [2.24, 2.45) is 11.1 Å². The molecule has 0 aromatic carbocycles. The van der Waals surface area contributed by atoms with Gasteiger partial charge in [0.2, 0.25) is 5.91 Å². The number of nitrogens with two attached hydrogens (primary N) is 1. The van der Waals surface area contributed by atoms with Crippen molar-refractivity contribution in [2.75, 3.05) is 12.9 Å². The molecule has 4 nitrogen and oxygen atoms in total. The summed E-state index contributed by atoms with van der Waals surface area (Å²) in [4.78, 5) is 12.7. The summed E-state index contributed by atoms with van der Waals surface area (Å²) >= 11 is 1.91. The van der Waals surface area contributed by atoms with E-state index in [0.717, 1.165) is 12.8 Å². The van der Waals surface area contributed by atoms with Crippen LogP contribution in [0.1, 0.15) is 52.9 Å². The van der Waals surface area contributed by atoms with Gasteiger partial charge in [-0.05, 0) is 32.4 Å². The van der Waals surface area contributed by atoms with Gasteiger partial charge in [-0.3, -0.25) is 4.79 Å². The summed E-state index contributed by atoms with van der Waals surface area (Å²) in [6, 6.07) is 0.283. The van der Waals surface area contributed by atoms with Gasteiger partial charge in [-0.25, -0.2) is 0 Å². The Morgan fingerprint density at radius 1 is 1.41 bits per heavy atom. The first-order chi connectivity index (χ1) is 9.85. The van der Waals surface area contributed by atoms with E-state index in [9.17, 15) is 4.79 Å². The summed E-state index contributed by atoms with van der Waals surface area (Å²) in [5.74, 6) is 0.00945. The van der Waals surface area contributed by atoms with Crippen LogP contribution in [-0.4, -0.2) is 41.7 Å². The zero-order valence-corrected chi connectivity index (χ0v) is 15.8. The average molecular weight is 351 g/mol. The topological polar surface area (TPSA) is 64.3 Å². The lowest BCUT2D eigenvalue weighted by atomic mass is 9.54. The van der Waals surface area contributed by atoms with Gasteiger partial charge in [-0.1, -0.05) is 20.3 Å². The molecule has 0 saturated heterocycles. The molecule has 0 radical (unpaired) electrons. The maximum atomic E-state index is 12.7. The number of nitrogens with one attached hydrogen (secondary N) is 1. The zero-order chi connectivity index (χ0) is 15.7. The van der Waals surface area contributed by atoms with Crippen molar-refractivity contribution in [1.29, 1.82) is 0 Å². The molecule has 1 amide bonds. The molecule has 0 aromatic rings. The Kier molecular flexibility index (Phi) is 7.06. The van der Waals surface area contributed by atoms with Crippen LogP contribution in [0.25, 0.3) is 0 Å². The van der Waals surface area contributed by atoms with E-state index in [1.54, 1.807) is 0 Å². The molecule has 2 rings (SSSR count). The Hall–Kier alpha value is 0.0300. The van der Waals surface area contributed by atoms with Gasteiger partial charge in [-0.15, -0.1) is 12.4 Å². The molecule has 2 saturated carbocycles. The summed E-state index contributed by atoms with van der Waals surface area (Å²) in [6.45, 7) is 6.74. The summed E-state index contributed by atoms with van der Waals surface area (Å²) in [5, 5.41) is 3.88. The Morgan fingerprint density at radius 3 is 2.64 bits per heavy atom. The second kappa shape index (κ2) is 7.73. The normalized spacial score (nSPS) is 36.9. The molecule has 0 bridgehead atoms. The van der Waals surface area contributed by atoms with Gasteiger partial charge in [0.25, 0.3) is 0 Å². The van der Waals surface area contributed by atoms with Crippen molar-refractivity contribution in [2.45, 2.75) is 75.8 Å². The van der Waals surface area contributed by atoms with Gasteiger partial charge in [0.1, 0.15) is 5.54 Å². The highest BCUT2D eigenvalue weighted by Gasteiger charge is 2.63. The number of amides is 1. The van der Waals surface area contributed by atoms with Gasteiger partial charge in [0.15, 0.2) is 0 Å². The molecular weight excluding hydrogens is 320 g/mol. The lowest BCUT2D eigenvalue weighted by Gasteiger charge is -2.57. The van der Waals surface area contributed by atoms with Crippen molar-refractivity contribution in [3.8, 4) is 0 Å². The van der Waals surface area contributed by atoms with Crippen molar-refractivity contribution >= 4 is 30.1 Å². The highest BCUT2D eigenvalue weighted by atomic mass is 35.5. The third-order valence-corrected chi connectivity index (χ3v) is 6.62. The first-order valence-electron chi connectivity index (χ1n) is 8.09.